The summed E-state index contributed by atoms with van der Waals surface area (Å²) in [5.41, 5.74) is 0. The van der Waals surface area contributed by atoms with Gasteiger partial charge in [0, 0.05) is 36.9 Å². The molecule has 0 spiro atoms. The minimum Gasteiger partial charge on any atom is -0.264 e. The Bertz CT molecular complexity index is 104. The first-order valence-electron chi connectivity index (χ1n) is 0.698. The van der Waals surface area contributed by atoms with Gasteiger partial charge in [0.2, 0.25) is 0 Å². The van der Waals surface area contributed by atoms with Gasteiger partial charge < -0.3 is 0 Å². The Morgan fingerprint density at radius 2 is 1.11 bits per heavy atom. The first-order valence-corrected chi connectivity index (χ1v) is 2.10. The molecule has 0 aliphatic heterocycles. The fraction of sp³-hybridized carbons (Fsp3) is 1.00. The van der Waals surface area contributed by atoms with E-state index < -0.39 is 10.4 Å². The molecular weight excluding hydrogens is 301 g/mol. The van der Waals surface area contributed by atoms with E-state index in [-0.39, 0.29) is 55.3 Å². The smallest absolute Gasteiger partial charge is 0.264 e. The van der Waals surface area contributed by atoms with Crippen LogP contribution in [-0.4, -0.2) is 28.5 Å². The molecule has 0 unspecified atom stereocenters. The van der Waals surface area contributed by atoms with Crippen molar-refractivity contribution < 1.29 is 54.4 Å². The third kappa shape index (κ3) is 314. The third-order valence-electron chi connectivity index (χ3n) is 0. The van der Waals surface area contributed by atoms with Gasteiger partial charge in [-0.1, -0.05) is 7.43 Å². The van der Waals surface area contributed by atoms with Gasteiger partial charge in [0.25, 0.3) is 0 Å². The second kappa shape index (κ2) is 12.0. The van der Waals surface area contributed by atoms with Crippen LogP contribution in [0.2, 0.25) is 0 Å². The quantitative estimate of drug-likeness (QED) is 0.423. The Kier molecular flexibility index (Phi) is 42.3. The summed E-state index contributed by atoms with van der Waals surface area (Å²) in [6.07, 6.45) is 0. The van der Waals surface area contributed by atoms with Crippen molar-refractivity contribution >= 4 is 21.4 Å². The fourth-order valence-electron chi connectivity index (χ4n) is 0. The van der Waals surface area contributed by atoms with E-state index in [1.54, 1.807) is 0 Å². The third-order valence-corrected chi connectivity index (χ3v) is 0. The first-order chi connectivity index (χ1) is 2.00. The van der Waals surface area contributed by atoms with Crippen LogP contribution in [-0.2, 0) is 47.3 Å². The second-order valence-corrected chi connectivity index (χ2v) is 1.34. The minimum atomic E-state index is -4.67. The molecule has 0 aromatic heterocycles. The molecule has 9 heavy (non-hydrogen) atoms. The number of rotatable bonds is 0. The first kappa shape index (κ1) is 31.8. The molecule has 0 rings (SSSR count). The molecule has 0 fully saturated rings. The van der Waals surface area contributed by atoms with Crippen LogP contribution in [0.3, 0.4) is 0 Å². The molecule has 0 aromatic rings. The summed E-state index contributed by atoms with van der Waals surface area (Å²) in [6.45, 7) is 0. The minimum absolute atomic E-state index is 0. The summed E-state index contributed by atoms with van der Waals surface area (Å²) in [6, 6.07) is 0. The van der Waals surface area contributed by atoms with E-state index >= 15 is 0 Å². The van der Waals surface area contributed by atoms with Crippen LogP contribution >= 0.6 is 0 Å². The molecule has 0 bridgehead atoms. The number of hydrogen-bond acceptors (Lipinski definition) is 2. The fourth-order valence-corrected chi connectivity index (χ4v) is 0. The standard InChI is InChI=1S/CH4.Ni.H2O4S.Pd.H4Si/c;;1-5(2,3)4;;/h1H4;;(H2,1,2,3,4);;1H4. The van der Waals surface area contributed by atoms with Gasteiger partial charge in [-0.15, -0.1) is 0 Å². The van der Waals surface area contributed by atoms with E-state index in [9.17, 15) is 0 Å². The summed E-state index contributed by atoms with van der Waals surface area (Å²) in [4.78, 5) is 0. The zero-order valence-corrected chi connectivity index (χ0v) is 6.11. The summed E-state index contributed by atoms with van der Waals surface area (Å²) in [7, 11) is -4.67. The van der Waals surface area contributed by atoms with Crippen LogP contribution in [0.15, 0.2) is 0 Å². The molecule has 68 valence electrons. The molecule has 0 aliphatic carbocycles. The van der Waals surface area contributed by atoms with Crippen LogP contribution < -0.4 is 0 Å². The molecule has 0 saturated heterocycles. The van der Waals surface area contributed by atoms with E-state index in [2.05, 4.69) is 0 Å². The van der Waals surface area contributed by atoms with Crippen LogP contribution in [0.1, 0.15) is 7.43 Å². The normalized spacial score (nSPS) is 6.44. The van der Waals surface area contributed by atoms with Gasteiger partial charge in [-0.2, -0.15) is 8.42 Å². The van der Waals surface area contributed by atoms with Gasteiger partial charge >= 0.3 is 10.4 Å². The maximum Gasteiger partial charge on any atom is 0.394 e. The molecule has 4 nitrogen and oxygen atoms in total. The predicted octanol–water partition coefficient (Wildman–Crippen LogP) is -1.47. The Hall–Kier alpha value is 1.24. The van der Waals surface area contributed by atoms with E-state index in [1.165, 1.54) is 0 Å². The Morgan fingerprint density at radius 3 is 1.11 bits per heavy atom. The second-order valence-electron chi connectivity index (χ2n) is 0.448. The SMILES string of the molecule is C.O=S(=O)(O)O.[Ni].[Pd].[SiH4]. The molecule has 0 heterocycles. The topological polar surface area (TPSA) is 74.6 Å². The van der Waals surface area contributed by atoms with Crippen molar-refractivity contribution in [2.45, 2.75) is 7.43 Å². The van der Waals surface area contributed by atoms with Crippen molar-refractivity contribution in [3.8, 4) is 0 Å². The zero-order chi connectivity index (χ0) is 4.50. The summed E-state index contributed by atoms with van der Waals surface area (Å²) < 4.78 is 31.6. The Morgan fingerprint density at radius 1 is 1.11 bits per heavy atom. The zero-order valence-electron chi connectivity index (χ0n) is 2.75. The molecule has 0 aromatic carbocycles. The van der Waals surface area contributed by atoms with Gasteiger partial charge in [0.05, 0.1) is 0 Å². The van der Waals surface area contributed by atoms with Crippen LogP contribution in [0, 0.1) is 0 Å². The molecule has 0 saturated carbocycles. The Balaban J connectivity index is -0.0000000133. The van der Waals surface area contributed by atoms with E-state index in [1.807, 2.05) is 0 Å². The van der Waals surface area contributed by atoms with Gasteiger partial charge in [0.1, 0.15) is 0 Å². The maximum absolute atomic E-state index is 8.74. The maximum atomic E-state index is 8.74. The molecule has 8 heteroatoms. The van der Waals surface area contributed by atoms with E-state index in [0.717, 1.165) is 0 Å². The molecular formula is CH10NiO4PdSSi. The van der Waals surface area contributed by atoms with Crippen LogP contribution in [0.25, 0.3) is 0 Å². The van der Waals surface area contributed by atoms with Crippen LogP contribution in [0.4, 0.5) is 0 Å². The van der Waals surface area contributed by atoms with Crippen molar-refractivity contribution in [3.63, 3.8) is 0 Å². The average molecular weight is 311 g/mol. The monoisotopic (exact) mass is 310 g/mol. The molecule has 0 atom stereocenters. The van der Waals surface area contributed by atoms with Gasteiger partial charge in [0.15, 0.2) is 0 Å². The van der Waals surface area contributed by atoms with Crippen molar-refractivity contribution in [1.29, 1.82) is 0 Å². The van der Waals surface area contributed by atoms with Crippen molar-refractivity contribution in [2.24, 2.45) is 0 Å². The van der Waals surface area contributed by atoms with Gasteiger partial charge in [-0.25, -0.2) is 0 Å². The molecule has 0 aliphatic rings. The summed E-state index contributed by atoms with van der Waals surface area (Å²) >= 11 is 0. The molecule has 2 N–H and O–H groups in total. The Labute approximate surface area is 83.0 Å². The van der Waals surface area contributed by atoms with Crippen LogP contribution in [0.5, 0.6) is 0 Å². The molecule has 0 amide bonds. The van der Waals surface area contributed by atoms with Crippen molar-refractivity contribution in [3.05, 3.63) is 0 Å². The van der Waals surface area contributed by atoms with Crippen molar-refractivity contribution in [2.75, 3.05) is 0 Å². The van der Waals surface area contributed by atoms with Gasteiger partial charge in [-0.05, 0) is 11.0 Å². The summed E-state index contributed by atoms with van der Waals surface area (Å²) in [5.74, 6) is 0. The predicted molar refractivity (Wildman–Crippen MR) is 32.2 cm³/mol. The molecule has 0 radical (unpaired) electrons. The van der Waals surface area contributed by atoms with Gasteiger partial charge in [-0.3, -0.25) is 9.11 Å². The average Bonchev–Trinajstić information content (AvgIpc) is 0.722. The van der Waals surface area contributed by atoms with Crippen molar-refractivity contribution in [1.82, 2.24) is 0 Å². The summed E-state index contributed by atoms with van der Waals surface area (Å²) in [5, 5.41) is 0. The largest absolute Gasteiger partial charge is 0.394 e. The number of hydrogen-bond donors (Lipinski definition) is 2. The van der Waals surface area contributed by atoms with E-state index in [4.69, 9.17) is 17.5 Å². The van der Waals surface area contributed by atoms with E-state index in [0.29, 0.717) is 0 Å².